The molecular weight excluding hydrogens is 242 g/mol. The summed E-state index contributed by atoms with van der Waals surface area (Å²) in [5.74, 6) is 0.351. The Morgan fingerprint density at radius 1 is 1.32 bits per heavy atom. The minimum atomic E-state index is -0.239. The van der Waals surface area contributed by atoms with E-state index in [0.29, 0.717) is 11.5 Å². The molecule has 0 radical (unpaired) electrons. The molecule has 0 spiro atoms. The highest BCUT2D eigenvalue weighted by molar-refractivity contribution is 6.53. The Kier molecular flexibility index (Phi) is 2.72. The van der Waals surface area contributed by atoms with Gasteiger partial charge in [0.2, 0.25) is 0 Å². The summed E-state index contributed by atoms with van der Waals surface area (Å²) in [6.07, 6.45) is 3.02. The van der Waals surface area contributed by atoms with Gasteiger partial charge in [-0.15, -0.1) is 5.10 Å². The molecule has 2 heterocycles. The van der Waals surface area contributed by atoms with E-state index in [1.165, 1.54) is 6.21 Å². The van der Waals surface area contributed by atoms with Gasteiger partial charge in [-0.1, -0.05) is 11.6 Å². The van der Waals surface area contributed by atoms with Gasteiger partial charge in [-0.25, -0.2) is 0 Å². The summed E-state index contributed by atoms with van der Waals surface area (Å²) < 4.78 is 5.09. The number of aryl methyl sites for hydroxylation is 1. The molecule has 2 aromatic rings. The molecule has 0 unspecified atom stereocenters. The van der Waals surface area contributed by atoms with Crippen LogP contribution in [0.2, 0.25) is 0 Å². The Hall–Kier alpha value is -2.69. The van der Waals surface area contributed by atoms with Crippen LogP contribution in [0.15, 0.2) is 51.2 Å². The summed E-state index contributed by atoms with van der Waals surface area (Å²) in [5, 5.41) is 10.6. The Labute approximate surface area is 109 Å². The lowest BCUT2D eigenvalue weighted by atomic mass is 10.1. The van der Waals surface area contributed by atoms with Crippen LogP contribution in [-0.2, 0) is 4.79 Å². The van der Waals surface area contributed by atoms with Gasteiger partial charge in [-0.05, 0) is 31.2 Å². The van der Waals surface area contributed by atoms with Crippen LogP contribution in [0.3, 0.4) is 0 Å². The summed E-state index contributed by atoms with van der Waals surface area (Å²) in [5.41, 5.74) is 2.93. The first-order chi connectivity index (χ1) is 9.24. The van der Waals surface area contributed by atoms with Gasteiger partial charge in [0.25, 0.3) is 5.91 Å². The summed E-state index contributed by atoms with van der Waals surface area (Å²) in [6.45, 7) is 1.97. The molecule has 0 saturated heterocycles. The lowest BCUT2D eigenvalue weighted by Gasteiger charge is -1.97. The van der Waals surface area contributed by atoms with Gasteiger partial charge in [0.15, 0.2) is 5.71 Å². The zero-order valence-electron chi connectivity index (χ0n) is 10.3. The highest BCUT2D eigenvalue weighted by Crippen LogP contribution is 2.24. The number of anilines is 1. The Morgan fingerprint density at radius 2 is 2.21 bits per heavy atom. The van der Waals surface area contributed by atoms with Crippen molar-refractivity contribution in [1.82, 2.24) is 0 Å². The lowest BCUT2D eigenvalue weighted by molar-refractivity contribution is -0.110. The number of carbonyl (C=O) groups is 1. The maximum Gasteiger partial charge on any atom is 0.276 e. The summed E-state index contributed by atoms with van der Waals surface area (Å²) >= 11 is 0. The van der Waals surface area contributed by atoms with Crippen LogP contribution >= 0.6 is 0 Å². The number of hydrogen-bond donors (Lipinski definition) is 1. The molecule has 1 aliphatic rings. The molecule has 0 atom stereocenters. The summed E-state index contributed by atoms with van der Waals surface area (Å²) in [6, 6.07) is 9.23. The third-order valence-corrected chi connectivity index (χ3v) is 2.78. The van der Waals surface area contributed by atoms with E-state index in [-0.39, 0.29) is 5.91 Å². The van der Waals surface area contributed by atoms with Crippen molar-refractivity contribution >= 4 is 23.5 Å². The SMILES string of the molecule is Cc1ccc2c(c1)/C(=N/N=C\c1ccco1)C(=O)N2. The third-order valence-electron chi connectivity index (χ3n) is 2.78. The second-order valence-corrected chi connectivity index (χ2v) is 4.21. The van der Waals surface area contributed by atoms with E-state index in [1.54, 1.807) is 18.4 Å². The van der Waals surface area contributed by atoms with Crippen LogP contribution in [0.4, 0.5) is 5.69 Å². The molecule has 1 amide bonds. The van der Waals surface area contributed by atoms with Crippen molar-refractivity contribution < 1.29 is 9.21 Å². The molecule has 1 aliphatic heterocycles. The smallest absolute Gasteiger partial charge is 0.276 e. The van der Waals surface area contributed by atoms with E-state index in [0.717, 1.165) is 16.8 Å². The normalized spacial score (nSPS) is 16.1. The number of benzene rings is 1. The molecule has 1 aromatic heterocycles. The average Bonchev–Trinajstić information content (AvgIpc) is 2.99. The first-order valence-electron chi connectivity index (χ1n) is 5.81. The van der Waals surface area contributed by atoms with Crippen LogP contribution in [-0.4, -0.2) is 17.8 Å². The molecule has 3 rings (SSSR count). The van der Waals surface area contributed by atoms with Gasteiger partial charge in [0, 0.05) is 5.56 Å². The number of nitrogens with zero attached hydrogens (tertiary/aromatic N) is 2. The van der Waals surface area contributed by atoms with Gasteiger partial charge in [-0.3, -0.25) is 4.79 Å². The zero-order chi connectivity index (χ0) is 13.2. The van der Waals surface area contributed by atoms with Gasteiger partial charge in [0.1, 0.15) is 5.76 Å². The first-order valence-corrected chi connectivity index (χ1v) is 5.81. The predicted molar refractivity (Wildman–Crippen MR) is 72.6 cm³/mol. The number of amides is 1. The Morgan fingerprint density at radius 3 is 3.00 bits per heavy atom. The maximum absolute atomic E-state index is 11.8. The van der Waals surface area contributed by atoms with E-state index in [4.69, 9.17) is 4.42 Å². The number of rotatable bonds is 2. The average molecular weight is 253 g/mol. The second-order valence-electron chi connectivity index (χ2n) is 4.21. The van der Waals surface area contributed by atoms with Crippen LogP contribution in [0.5, 0.6) is 0 Å². The van der Waals surface area contributed by atoms with Crippen LogP contribution < -0.4 is 5.32 Å². The van der Waals surface area contributed by atoms with Gasteiger partial charge in [0.05, 0.1) is 18.2 Å². The molecule has 94 valence electrons. The van der Waals surface area contributed by atoms with Crippen molar-refractivity contribution in [2.45, 2.75) is 6.92 Å². The minimum Gasteiger partial charge on any atom is -0.463 e. The molecule has 5 nitrogen and oxygen atoms in total. The molecular formula is C14H11N3O2. The van der Waals surface area contributed by atoms with Crippen LogP contribution in [0.1, 0.15) is 16.9 Å². The fourth-order valence-corrected chi connectivity index (χ4v) is 1.87. The van der Waals surface area contributed by atoms with E-state index in [1.807, 2.05) is 25.1 Å². The molecule has 5 heteroatoms. The van der Waals surface area contributed by atoms with Gasteiger partial charge in [-0.2, -0.15) is 5.10 Å². The van der Waals surface area contributed by atoms with Crippen molar-refractivity contribution in [2.75, 3.05) is 5.32 Å². The Bertz CT molecular complexity index is 685. The highest BCUT2D eigenvalue weighted by Gasteiger charge is 2.25. The molecule has 0 aliphatic carbocycles. The van der Waals surface area contributed by atoms with Crippen molar-refractivity contribution in [2.24, 2.45) is 10.2 Å². The van der Waals surface area contributed by atoms with E-state index in [2.05, 4.69) is 15.5 Å². The second kappa shape index (κ2) is 4.53. The highest BCUT2D eigenvalue weighted by atomic mass is 16.3. The van der Waals surface area contributed by atoms with Crippen molar-refractivity contribution in [3.63, 3.8) is 0 Å². The quantitative estimate of drug-likeness (QED) is 0.659. The van der Waals surface area contributed by atoms with E-state index >= 15 is 0 Å². The fraction of sp³-hybridized carbons (Fsp3) is 0.0714. The fourth-order valence-electron chi connectivity index (χ4n) is 1.87. The maximum atomic E-state index is 11.8. The molecule has 0 bridgehead atoms. The van der Waals surface area contributed by atoms with Gasteiger partial charge < -0.3 is 9.73 Å². The monoisotopic (exact) mass is 253 g/mol. The number of carbonyl (C=O) groups excluding carboxylic acids is 1. The number of nitrogens with one attached hydrogen (secondary N) is 1. The molecule has 19 heavy (non-hydrogen) atoms. The molecule has 0 fully saturated rings. The van der Waals surface area contributed by atoms with Gasteiger partial charge >= 0.3 is 0 Å². The van der Waals surface area contributed by atoms with Crippen LogP contribution in [0, 0.1) is 6.92 Å². The molecule has 0 saturated carbocycles. The van der Waals surface area contributed by atoms with Crippen LogP contribution in [0.25, 0.3) is 0 Å². The number of fused-ring (bicyclic) bond motifs is 1. The van der Waals surface area contributed by atoms with E-state index in [9.17, 15) is 4.79 Å². The van der Waals surface area contributed by atoms with Crippen molar-refractivity contribution in [3.8, 4) is 0 Å². The van der Waals surface area contributed by atoms with Crippen molar-refractivity contribution in [3.05, 3.63) is 53.5 Å². The molecule has 1 N–H and O–H groups in total. The summed E-state index contributed by atoms with van der Waals surface area (Å²) in [4.78, 5) is 11.8. The largest absolute Gasteiger partial charge is 0.463 e. The topological polar surface area (TPSA) is 67.0 Å². The van der Waals surface area contributed by atoms with E-state index < -0.39 is 0 Å². The minimum absolute atomic E-state index is 0.239. The number of furan rings is 1. The zero-order valence-corrected chi connectivity index (χ0v) is 10.3. The first kappa shape index (κ1) is 11.4. The summed E-state index contributed by atoms with van der Waals surface area (Å²) in [7, 11) is 0. The molecule has 1 aromatic carbocycles. The predicted octanol–water partition coefficient (Wildman–Crippen LogP) is 2.36. The lowest BCUT2D eigenvalue weighted by Crippen LogP contribution is -2.13. The van der Waals surface area contributed by atoms with Crippen molar-refractivity contribution in [1.29, 1.82) is 0 Å². The standard InChI is InChI=1S/C14H11N3O2/c1-9-4-5-12-11(7-9)13(14(18)16-12)17-15-8-10-3-2-6-19-10/h2-8H,1H3,(H,16,17,18)/b15-8-. The Balaban J connectivity index is 1.93. The third kappa shape index (κ3) is 2.18. The number of hydrogen-bond acceptors (Lipinski definition) is 4.